The summed E-state index contributed by atoms with van der Waals surface area (Å²) < 4.78 is 17.7. The summed E-state index contributed by atoms with van der Waals surface area (Å²) in [6.45, 7) is -0.286. The van der Waals surface area contributed by atoms with Gasteiger partial charge in [0.1, 0.15) is 11.4 Å². The monoisotopic (exact) mass is 463 g/mol. The molecule has 3 N–H and O–H groups in total. The molecule has 2 aromatic carbocycles. The summed E-state index contributed by atoms with van der Waals surface area (Å²) in [7, 11) is 0. The van der Waals surface area contributed by atoms with Crippen molar-refractivity contribution in [2.75, 3.05) is 6.61 Å². The molecule has 0 bridgehead atoms. The third kappa shape index (κ3) is 4.28. The number of ether oxygens (including phenoxy) is 2. The fraction of sp³-hybridized carbons (Fsp3) is 0.407. The van der Waals surface area contributed by atoms with E-state index >= 15 is 0 Å². The van der Waals surface area contributed by atoms with Gasteiger partial charge in [0.15, 0.2) is 18.1 Å². The molecule has 1 aromatic heterocycles. The summed E-state index contributed by atoms with van der Waals surface area (Å²) in [5, 5.41) is 12.6. The van der Waals surface area contributed by atoms with Crippen LogP contribution >= 0.6 is 0 Å². The Morgan fingerprint density at radius 3 is 2.44 bits per heavy atom. The molecule has 2 aliphatic rings. The van der Waals surface area contributed by atoms with Gasteiger partial charge in [-0.3, -0.25) is 4.79 Å². The number of rotatable bonds is 7. The fourth-order valence-corrected chi connectivity index (χ4v) is 5.21. The van der Waals surface area contributed by atoms with Gasteiger partial charge in [-0.25, -0.2) is 4.79 Å². The average molecular weight is 464 g/mol. The lowest BCUT2D eigenvalue weighted by atomic mass is 9.88. The Morgan fingerprint density at radius 2 is 1.74 bits per heavy atom. The molecule has 7 heteroatoms. The highest BCUT2D eigenvalue weighted by Crippen LogP contribution is 2.46. The third-order valence-electron chi connectivity index (χ3n) is 6.89. The van der Waals surface area contributed by atoms with Crippen LogP contribution in [0, 0.1) is 0 Å². The van der Waals surface area contributed by atoms with E-state index in [9.17, 15) is 14.7 Å². The van der Waals surface area contributed by atoms with E-state index in [4.69, 9.17) is 19.6 Å². The number of fused-ring (bicyclic) bond motifs is 1. The molecule has 178 valence electrons. The third-order valence-corrected chi connectivity index (χ3v) is 6.89. The Labute approximate surface area is 197 Å². The molecule has 2 saturated carbocycles. The largest absolute Gasteiger partial charge is 0.487 e. The summed E-state index contributed by atoms with van der Waals surface area (Å²) in [4.78, 5) is 24.2. The van der Waals surface area contributed by atoms with Crippen molar-refractivity contribution in [3.05, 3.63) is 58.6 Å². The fourth-order valence-electron chi connectivity index (χ4n) is 5.21. The lowest BCUT2D eigenvalue weighted by Crippen LogP contribution is -2.24. The Hall–Kier alpha value is -3.32. The van der Waals surface area contributed by atoms with E-state index in [0.717, 1.165) is 38.5 Å². The SMILES string of the molecule is NC(=O)COc1cc(-c2c(C3(O)CCCC3)oc(=O)c3ccccc23)ccc1OC1CCCC1. The van der Waals surface area contributed by atoms with Gasteiger partial charge in [-0.1, -0.05) is 24.3 Å². The summed E-state index contributed by atoms with van der Waals surface area (Å²) in [5.74, 6) is 0.621. The average Bonchev–Trinajstić information content (AvgIpc) is 3.51. The second-order valence-electron chi connectivity index (χ2n) is 9.32. The highest BCUT2D eigenvalue weighted by atomic mass is 16.5. The first-order chi connectivity index (χ1) is 16.4. The quantitative estimate of drug-likeness (QED) is 0.537. The minimum atomic E-state index is -1.22. The minimum Gasteiger partial charge on any atom is -0.487 e. The van der Waals surface area contributed by atoms with Crippen molar-refractivity contribution in [3.8, 4) is 22.6 Å². The molecule has 2 fully saturated rings. The topological polar surface area (TPSA) is 112 Å². The van der Waals surface area contributed by atoms with Crippen LogP contribution in [0.15, 0.2) is 51.7 Å². The van der Waals surface area contributed by atoms with E-state index < -0.39 is 17.1 Å². The molecule has 0 saturated heterocycles. The van der Waals surface area contributed by atoms with E-state index in [2.05, 4.69) is 0 Å². The Bertz CT molecular complexity index is 1270. The van der Waals surface area contributed by atoms with Crippen LogP contribution < -0.4 is 20.8 Å². The van der Waals surface area contributed by atoms with Gasteiger partial charge in [-0.2, -0.15) is 0 Å². The number of primary amides is 1. The van der Waals surface area contributed by atoms with Crippen LogP contribution in [0.25, 0.3) is 21.9 Å². The lowest BCUT2D eigenvalue weighted by molar-refractivity contribution is -0.119. The normalized spacial score (nSPS) is 17.8. The number of benzene rings is 2. The maximum atomic E-state index is 12.8. The second kappa shape index (κ2) is 9.14. The van der Waals surface area contributed by atoms with Crippen LogP contribution in [0.1, 0.15) is 57.1 Å². The van der Waals surface area contributed by atoms with Gasteiger partial charge in [0, 0.05) is 10.9 Å². The van der Waals surface area contributed by atoms with Gasteiger partial charge < -0.3 is 24.7 Å². The van der Waals surface area contributed by atoms with E-state index in [1.165, 1.54) is 0 Å². The lowest BCUT2D eigenvalue weighted by Gasteiger charge is -2.25. The van der Waals surface area contributed by atoms with Crippen LogP contribution in [-0.4, -0.2) is 23.7 Å². The minimum absolute atomic E-state index is 0.104. The molecule has 3 aromatic rings. The van der Waals surface area contributed by atoms with E-state index in [-0.39, 0.29) is 18.5 Å². The molecule has 0 radical (unpaired) electrons. The number of carbonyl (C=O) groups is 1. The number of carbonyl (C=O) groups excluding carboxylic acids is 1. The molecule has 2 aliphatic carbocycles. The number of nitrogens with two attached hydrogens (primary N) is 1. The molecule has 0 unspecified atom stereocenters. The Kier molecular flexibility index (Phi) is 6.04. The summed E-state index contributed by atoms with van der Waals surface area (Å²) >= 11 is 0. The number of hydrogen-bond acceptors (Lipinski definition) is 6. The van der Waals surface area contributed by atoms with Crippen LogP contribution in [0.2, 0.25) is 0 Å². The van der Waals surface area contributed by atoms with Crippen molar-refractivity contribution in [2.24, 2.45) is 5.73 Å². The van der Waals surface area contributed by atoms with Crippen LogP contribution in [-0.2, 0) is 10.4 Å². The van der Waals surface area contributed by atoms with Gasteiger partial charge in [-0.15, -0.1) is 0 Å². The molecule has 7 nitrogen and oxygen atoms in total. The zero-order valence-corrected chi connectivity index (χ0v) is 19.0. The second-order valence-corrected chi connectivity index (χ2v) is 9.32. The molecular weight excluding hydrogens is 434 g/mol. The number of hydrogen-bond donors (Lipinski definition) is 2. The van der Waals surface area contributed by atoms with Crippen molar-refractivity contribution >= 4 is 16.7 Å². The number of aliphatic hydroxyl groups is 1. The van der Waals surface area contributed by atoms with Crippen LogP contribution in [0.4, 0.5) is 0 Å². The van der Waals surface area contributed by atoms with E-state index in [1.807, 2.05) is 24.3 Å². The zero-order chi connectivity index (χ0) is 23.7. The number of amides is 1. The van der Waals surface area contributed by atoms with Crippen molar-refractivity contribution in [2.45, 2.75) is 63.1 Å². The van der Waals surface area contributed by atoms with Crippen molar-refractivity contribution in [3.63, 3.8) is 0 Å². The summed E-state index contributed by atoms with van der Waals surface area (Å²) in [6.07, 6.45) is 7.05. The van der Waals surface area contributed by atoms with E-state index in [1.54, 1.807) is 18.2 Å². The molecule has 0 atom stereocenters. The highest BCUT2D eigenvalue weighted by Gasteiger charge is 2.39. The van der Waals surface area contributed by atoms with Gasteiger partial charge in [0.05, 0.1) is 11.5 Å². The van der Waals surface area contributed by atoms with Crippen molar-refractivity contribution in [1.29, 1.82) is 0 Å². The van der Waals surface area contributed by atoms with Crippen LogP contribution in [0.5, 0.6) is 11.5 Å². The molecule has 5 rings (SSSR count). The highest BCUT2D eigenvalue weighted by molar-refractivity contribution is 5.97. The zero-order valence-electron chi connectivity index (χ0n) is 19.0. The first kappa shape index (κ1) is 22.5. The van der Waals surface area contributed by atoms with Crippen molar-refractivity contribution in [1.82, 2.24) is 0 Å². The summed E-state index contributed by atoms with van der Waals surface area (Å²) in [6, 6.07) is 12.7. The van der Waals surface area contributed by atoms with E-state index in [0.29, 0.717) is 46.2 Å². The molecule has 34 heavy (non-hydrogen) atoms. The smallest absolute Gasteiger partial charge is 0.343 e. The van der Waals surface area contributed by atoms with Gasteiger partial charge in [0.25, 0.3) is 5.91 Å². The maximum absolute atomic E-state index is 12.8. The molecule has 1 amide bonds. The first-order valence-corrected chi connectivity index (χ1v) is 12.0. The molecular formula is C27H29NO6. The van der Waals surface area contributed by atoms with Crippen molar-refractivity contribution < 1.29 is 23.8 Å². The van der Waals surface area contributed by atoms with Crippen LogP contribution in [0.3, 0.4) is 0 Å². The first-order valence-electron chi connectivity index (χ1n) is 12.0. The Balaban J connectivity index is 1.67. The molecule has 0 aliphatic heterocycles. The Morgan fingerprint density at radius 1 is 1.03 bits per heavy atom. The summed E-state index contributed by atoms with van der Waals surface area (Å²) in [5.41, 5.74) is 4.99. The molecule has 1 heterocycles. The van der Waals surface area contributed by atoms with Gasteiger partial charge in [-0.05, 0) is 75.1 Å². The predicted molar refractivity (Wildman–Crippen MR) is 128 cm³/mol. The maximum Gasteiger partial charge on any atom is 0.343 e. The predicted octanol–water partition coefficient (Wildman–Crippen LogP) is 4.41. The standard InChI is InChI=1S/C27H29NO6/c28-23(29)16-32-22-15-17(11-12-21(22)33-18-7-1-2-8-18)24-19-9-3-4-10-20(19)26(30)34-25(24)27(31)13-5-6-14-27/h3-4,9-12,15,18,31H,1-2,5-8,13-14,16H2,(H2,28,29). The van der Waals surface area contributed by atoms with Gasteiger partial charge >= 0.3 is 5.63 Å². The molecule has 0 spiro atoms. The van der Waals surface area contributed by atoms with Gasteiger partial charge in [0.2, 0.25) is 0 Å².